The summed E-state index contributed by atoms with van der Waals surface area (Å²) in [6.07, 6.45) is 8.04. The van der Waals surface area contributed by atoms with Crippen LogP contribution in [0.5, 0.6) is 5.75 Å². The van der Waals surface area contributed by atoms with Crippen molar-refractivity contribution < 1.29 is 14.6 Å². The minimum atomic E-state index is -0.445. The molecule has 0 heterocycles. The third kappa shape index (κ3) is 4.38. The first-order chi connectivity index (χ1) is 11.2. The smallest absolute Gasteiger partial charge is 0.319 e. The minimum absolute atomic E-state index is 0.160. The summed E-state index contributed by atoms with van der Waals surface area (Å²) in [5.41, 5.74) is 0.683. The number of ether oxygens (including phenoxy) is 1. The summed E-state index contributed by atoms with van der Waals surface area (Å²) in [6.45, 7) is 0. The van der Waals surface area contributed by atoms with Gasteiger partial charge in [0.25, 0.3) is 0 Å². The molecule has 0 bridgehead atoms. The van der Waals surface area contributed by atoms with E-state index in [9.17, 15) is 9.90 Å². The molecule has 23 heavy (non-hydrogen) atoms. The predicted molar refractivity (Wildman–Crippen MR) is 89.7 cm³/mol. The molecule has 0 aromatic heterocycles. The van der Waals surface area contributed by atoms with Crippen molar-refractivity contribution in [2.24, 2.45) is 0 Å². The third-order valence-electron chi connectivity index (χ3n) is 4.78. The molecule has 2 atom stereocenters. The molecule has 2 amide bonds. The number of para-hydroxylation sites is 2. The van der Waals surface area contributed by atoms with Crippen molar-refractivity contribution in [3.05, 3.63) is 24.3 Å². The molecule has 1 aromatic rings. The van der Waals surface area contributed by atoms with Gasteiger partial charge in [0.1, 0.15) is 5.75 Å². The molecule has 2 aliphatic rings. The van der Waals surface area contributed by atoms with Crippen molar-refractivity contribution in [3.8, 4) is 5.75 Å². The summed E-state index contributed by atoms with van der Waals surface area (Å²) in [7, 11) is 0. The van der Waals surface area contributed by atoms with Crippen LogP contribution in [0.4, 0.5) is 10.5 Å². The first-order valence-electron chi connectivity index (χ1n) is 8.73. The average molecular weight is 318 g/mol. The number of nitrogens with one attached hydrogen (secondary N) is 2. The zero-order valence-electron chi connectivity index (χ0n) is 13.5. The van der Waals surface area contributed by atoms with E-state index in [4.69, 9.17) is 4.74 Å². The molecule has 2 fully saturated rings. The normalized spacial score (nSPS) is 25.1. The van der Waals surface area contributed by atoms with E-state index >= 15 is 0 Å². The largest absolute Gasteiger partial charge is 0.488 e. The van der Waals surface area contributed by atoms with Crippen molar-refractivity contribution >= 4 is 11.7 Å². The Morgan fingerprint density at radius 1 is 1.04 bits per heavy atom. The van der Waals surface area contributed by atoms with E-state index < -0.39 is 6.10 Å². The molecule has 3 rings (SSSR count). The van der Waals surface area contributed by atoms with Gasteiger partial charge in [-0.25, -0.2) is 4.79 Å². The van der Waals surface area contributed by atoms with Crippen LogP contribution in [-0.4, -0.2) is 29.4 Å². The van der Waals surface area contributed by atoms with E-state index in [1.807, 2.05) is 24.3 Å². The van der Waals surface area contributed by atoms with Gasteiger partial charge in [0.2, 0.25) is 0 Å². The lowest BCUT2D eigenvalue weighted by molar-refractivity contribution is 0.0955. The number of benzene rings is 1. The van der Waals surface area contributed by atoms with Gasteiger partial charge in [-0.2, -0.15) is 0 Å². The Kier molecular flexibility index (Phi) is 5.39. The number of hydrogen-bond donors (Lipinski definition) is 3. The third-order valence-corrected chi connectivity index (χ3v) is 4.78. The first kappa shape index (κ1) is 16.1. The van der Waals surface area contributed by atoms with Gasteiger partial charge in [-0.3, -0.25) is 0 Å². The molecular weight excluding hydrogens is 292 g/mol. The van der Waals surface area contributed by atoms with Crippen LogP contribution in [0.1, 0.15) is 51.4 Å². The number of aliphatic hydroxyl groups excluding tert-OH is 1. The van der Waals surface area contributed by atoms with E-state index in [0.29, 0.717) is 5.69 Å². The van der Waals surface area contributed by atoms with Gasteiger partial charge in [0.05, 0.1) is 23.9 Å². The van der Waals surface area contributed by atoms with Crippen molar-refractivity contribution in [2.75, 3.05) is 5.32 Å². The van der Waals surface area contributed by atoms with Crippen LogP contribution < -0.4 is 15.4 Å². The zero-order chi connectivity index (χ0) is 16.1. The van der Waals surface area contributed by atoms with Gasteiger partial charge in [-0.15, -0.1) is 0 Å². The monoisotopic (exact) mass is 318 g/mol. The Morgan fingerprint density at radius 2 is 1.74 bits per heavy atom. The molecule has 2 unspecified atom stereocenters. The Morgan fingerprint density at radius 3 is 2.52 bits per heavy atom. The van der Waals surface area contributed by atoms with Crippen LogP contribution in [0.15, 0.2) is 24.3 Å². The van der Waals surface area contributed by atoms with E-state index in [1.165, 1.54) is 12.8 Å². The number of anilines is 1. The predicted octanol–water partition coefficient (Wildman–Crippen LogP) is 3.43. The fraction of sp³-hybridized carbons (Fsp3) is 0.611. The summed E-state index contributed by atoms with van der Waals surface area (Å²) in [5, 5.41) is 15.7. The van der Waals surface area contributed by atoms with Crippen LogP contribution in [0.2, 0.25) is 0 Å². The van der Waals surface area contributed by atoms with Gasteiger partial charge in [-0.1, -0.05) is 25.0 Å². The molecule has 0 radical (unpaired) electrons. The first-order valence-corrected chi connectivity index (χ1v) is 8.73. The Labute approximate surface area is 137 Å². The molecule has 3 N–H and O–H groups in total. The number of amides is 2. The van der Waals surface area contributed by atoms with Gasteiger partial charge >= 0.3 is 6.03 Å². The van der Waals surface area contributed by atoms with Gasteiger partial charge < -0.3 is 20.5 Å². The highest BCUT2D eigenvalue weighted by atomic mass is 16.5. The van der Waals surface area contributed by atoms with E-state index in [0.717, 1.165) is 44.3 Å². The highest BCUT2D eigenvalue weighted by molar-refractivity contribution is 5.91. The summed E-state index contributed by atoms with van der Waals surface area (Å²) >= 11 is 0. The molecule has 2 saturated carbocycles. The molecule has 1 aromatic carbocycles. The highest BCUT2D eigenvalue weighted by Gasteiger charge is 2.25. The molecular formula is C18H26N2O3. The fourth-order valence-corrected chi connectivity index (χ4v) is 3.46. The van der Waals surface area contributed by atoms with Crippen LogP contribution in [-0.2, 0) is 0 Å². The number of hydrogen-bond acceptors (Lipinski definition) is 3. The van der Waals surface area contributed by atoms with Gasteiger partial charge in [0.15, 0.2) is 0 Å². The molecule has 0 spiro atoms. The maximum Gasteiger partial charge on any atom is 0.319 e. The van der Waals surface area contributed by atoms with Crippen molar-refractivity contribution in [3.63, 3.8) is 0 Å². The number of carbonyl (C=O) groups is 1. The standard InChI is InChI=1S/C18H26N2O3/c21-16-11-5-3-9-14(16)19-18(22)20-15-10-4-6-12-17(15)23-13-7-1-2-8-13/h4,6,10,12-14,16,21H,1-3,5,7-9,11H2,(H2,19,20,22). The second-order valence-corrected chi connectivity index (χ2v) is 6.58. The van der Waals surface area contributed by atoms with Crippen LogP contribution in [0, 0.1) is 0 Å². The minimum Gasteiger partial charge on any atom is -0.488 e. The highest BCUT2D eigenvalue weighted by Crippen LogP contribution is 2.29. The second-order valence-electron chi connectivity index (χ2n) is 6.58. The van der Waals surface area contributed by atoms with E-state index in [-0.39, 0.29) is 18.2 Å². The fourth-order valence-electron chi connectivity index (χ4n) is 3.46. The number of carbonyl (C=O) groups excluding carboxylic acids is 1. The lowest BCUT2D eigenvalue weighted by Crippen LogP contribution is -2.46. The van der Waals surface area contributed by atoms with E-state index in [2.05, 4.69) is 10.6 Å². The van der Waals surface area contributed by atoms with E-state index in [1.54, 1.807) is 0 Å². The van der Waals surface area contributed by atoms with Crippen molar-refractivity contribution in [1.82, 2.24) is 5.32 Å². The quantitative estimate of drug-likeness (QED) is 0.796. The number of rotatable bonds is 4. The Hall–Kier alpha value is -1.75. The second kappa shape index (κ2) is 7.68. The Balaban J connectivity index is 1.59. The van der Waals surface area contributed by atoms with Crippen LogP contribution >= 0.6 is 0 Å². The summed E-state index contributed by atoms with van der Waals surface area (Å²) < 4.78 is 6.03. The topological polar surface area (TPSA) is 70.6 Å². The van der Waals surface area contributed by atoms with Gasteiger partial charge in [0, 0.05) is 0 Å². The van der Waals surface area contributed by atoms with Crippen molar-refractivity contribution in [2.45, 2.75) is 69.6 Å². The molecule has 5 heteroatoms. The Bertz CT molecular complexity index is 529. The molecule has 0 aliphatic heterocycles. The average Bonchev–Trinajstić information content (AvgIpc) is 3.05. The van der Waals surface area contributed by atoms with Crippen LogP contribution in [0.25, 0.3) is 0 Å². The van der Waals surface area contributed by atoms with Crippen LogP contribution in [0.3, 0.4) is 0 Å². The summed E-state index contributed by atoms with van der Waals surface area (Å²) in [5.74, 6) is 0.721. The zero-order valence-corrected chi connectivity index (χ0v) is 13.5. The lowest BCUT2D eigenvalue weighted by Gasteiger charge is -2.28. The molecule has 2 aliphatic carbocycles. The summed E-state index contributed by atoms with van der Waals surface area (Å²) in [6, 6.07) is 7.10. The summed E-state index contributed by atoms with van der Waals surface area (Å²) in [4.78, 5) is 12.2. The molecule has 126 valence electrons. The lowest BCUT2D eigenvalue weighted by atomic mass is 9.93. The maximum absolute atomic E-state index is 12.2. The molecule has 5 nitrogen and oxygen atoms in total. The maximum atomic E-state index is 12.2. The van der Waals surface area contributed by atoms with Gasteiger partial charge in [-0.05, 0) is 50.7 Å². The SMILES string of the molecule is O=C(Nc1ccccc1OC1CCCC1)NC1CCCCC1O. The number of urea groups is 1. The number of aliphatic hydroxyl groups is 1. The molecule has 0 saturated heterocycles. The van der Waals surface area contributed by atoms with Crippen molar-refractivity contribution in [1.29, 1.82) is 0 Å².